The number of aliphatic hydroxyl groups is 1. The second-order valence-electron chi connectivity index (χ2n) is 9.73. The molecule has 0 amide bonds. The zero-order chi connectivity index (χ0) is 23.8. The van der Waals surface area contributed by atoms with Crippen molar-refractivity contribution >= 4 is 0 Å². The molecule has 0 saturated carbocycles. The topological polar surface area (TPSA) is 84.8 Å². The zero-order valence-corrected chi connectivity index (χ0v) is 20.0. The summed E-state index contributed by atoms with van der Waals surface area (Å²) in [5.74, 6) is -1.57. The van der Waals surface area contributed by atoms with Crippen molar-refractivity contribution in [3.05, 3.63) is 48.6 Å². The Labute approximate surface area is 195 Å². The largest absolute Gasteiger partial charge is 0.387 e. The molecule has 3 saturated heterocycles. The lowest BCUT2D eigenvalue weighted by Gasteiger charge is -2.48. The van der Waals surface area contributed by atoms with E-state index in [1.54, 1.807) is 13.0 Å². The summed E-state index contributed by atoms with van der Waals surface area (Å²) in [7, 11) is 0. The number of benzene rings is 1. The Morgan fingerprint density at radius 1 is 1.06 bits per heavy atom. The first-order valence-corrected chi connectivity index (χ1v) is 11.5. The maximum Gasteiger partial charge on any atom is 0.187 e. The minimum Gasteiger partial charge on any atom is -0.387 e. The summed E-state index contributed by atoms with van der Waals surface area (Å²) in [6.45, 7) is 13.8. The van der Waals surface area contributed by atoms with E-state index < -0.39 is 54.5 Å². The van der Waals surface area contributed by atoms with Gasteiger partial charge in [-0.2, -0.15) is 0 Å². The second-order valence-corrected chi connectivity index (χ2v) is 9.73. The van der Waals surface area contributed by atoms with Gasteiger partial charge in [-0.15, -0.1) is 6.58 Å². The molecule has 0 unspecified atom stereocenters. The Morgan fingerprint density at radius 2 is 1.73 bits per heavy atom. The minimum atomic E-state index is -0.959. The van der Waals surface area contributed by atoms with Gasteiger partial charge in [-0.25, -0.2) is 0 Å². The quantitative estimate of drug-likeness (QED) is 0.588. The SMILES string of the molecule is C=C[C@@H](O[C@H]1O[C@@H]2COC(C)(C)O[C@H]2[C@@H]2OC(C)(C)O[C@H]12)[C@H](O)[C@H](C)OCc1ccccc1. The number of hydrogen-bond acceptors (Lipinski definition) is 8. The summed E-state index contributed by atoms with van der Waals surface area (Å²) in [6, 6.07) is 9.80. The van der Waals surface area contributed by atoms with Gasteiger partial charge in [0, 0.05) is 0 Å². The lowest BCUT2D eigenvalue weighted by molar-refractivity contribution is -0.374. The molecular weight excluding hydrogens is 428 g/mol. The van der Waals surface area contributed by atoms with Crippen LogP contribution in [0.3, 0.4) is 0 Å². The van der Waals surface area contributed by atoms with E-state index in [0.717, 1.165) is 5.56 Å². The molecule has 184 valence electrons. The number of hydrogen-bond donors (Lipinski definition) is 1. The van der Waals surface area contributed by atoms with Crippen molar-refractivity contribution in [2.45, 2.75) is 102 Å². The Hall–Kier alpha value is -1.36. The number of fused-ring (bicyclic) bond motifs is 3. The van der Waals surface area contributed by atoms with E-state index in [0.29, 0.717) is 13.2 Å². The lowest BCUT2D eigenvalue weighted by atomic mass is 9.97. The molecule has 8 atom stereocenters. The van der Waals surface area contributed by atoms with Crippen LogP contribution in [0.1, 0.15) is 40.2 Å². The van der Waals surface area contributed by atoms with E-state index in [1.165, 1.54) is 0 Å². The zero-order valence-electron chi connectivity index (χ0n) is 20.0. The molecule has 0 radical (unpaired) electrons. The van der Waals surface area contributed by atoms with Crippen LogP contribution in [0.25, 0.3) is 0 Å². The average molecular weight is 465 g/mol. The molecule has 4 rings (SSSR count). The fraction of sp³-hybridized carbons (Fsp3) is 0.680. The van der Waals surface area contributed by atoms with Gasteiger partial charge in [0.25, 0.3) is 0 Å². The summed E-state index contributed by atoms with van der Waals surface area (Å²) >= 11 is 0. The average Bonchev–Trinajstić information content (AvgIpc) is 3.11. The van der Waals surface area contributed by atoms with Gasteiger partial charge in [-0.1, -0.05) is 36.4 Å². The molecule has 3 heterocycles. The first-order valence-electron chi connectivity index (χ1n) is 11.5. The van der Waals surface area contributed by atoms with Gasteiger partial charge in [0.1, 0.15) is 36.6 Å². The van der Waals surface area contributed by atoms with Crippen molar-refractivity contribution in [2.75, 3.05) is 6.61 Å². The molecule has 3 fully saturated rings. The van der Waals surface area contributed by atoms with Gasteiger partial charge >= 0.3 is 0 Å². The third-order valence-electron chi connectivity index (χ3n) is 6.14. The first kappa shape index (κ1) is 24.8. The number of aliphatic hydroxyl groups excluding tert-OH is 1. The molecule has 1 aromatic carbocycles. The molecule has 0 aromatic heterocycles. The molecule has 0 aliphatic carbocycles. The Bertz CT molecular complexity index is 797. The van der Waals surface area contributed by atoms with Crippen LogP contribution in [0.2, 0.25) is 0 Å². The van der Waals surface area contributed by atoms with E-state index in [2.05, 4.69) is 6.58 Å². The summed E-state index contributed by atoms with van der Waals surface area (Å²) in [6.07, 6.45) is -3.14. The van der Waals surface area contributed by atoms with Crippen molar-refractivity contribution in [1.82, 2.24) is 0 Å². The number of ether oxygens (including phenoxy) is 7. The van der Waals surface area contributed by atoms with E-state index >= 15 is 0 Å². The summed E-state index contributed by atoms with van der Waals surface area (Å²) in [4.78, 5) is 0. The maximum absolute atomic E-state index is 10.9. The fourth-order valence-electron chi connectivity index (χ4n) is 4.45. The molecule has 1 aromatic rings. The molecule has 8 nitrogen and oxygen atoms in total. The Morgan fingerprint density at radius 3 is 2.42 bits per heavy atom. The van der Waals surface area contributed by atoms with Crippen LogP contribution in [-0.4, -0.2) is 72.3 Å². The van der Waals surface area contributed by atoms with Crippen LogP contribution < -0.4 is 0 Å². The highest BCUT2D eigenvalue weighted by Crippen LogP contribution is 2.42. The van der Waals surface area contributed by atoms with Crippen molar-refractivity contribution in [3.8, 4) is 0 Å². The molecule has 0 spiro atoms. The van der Waals surface area contributed by atoms with Crippen molar-refractivity contribution in [1.29, 1.82) is 0 Å². The van der Waals surface area contributed by atoms with Gasteiger partial charge in [0.15, 0.2) is 17.9 Å². The normalized spacial score (nSPS) is 35.2. The fourth-order valence-corrected chi connectivity index (χ4v) is 4.45. The standard InChI is InChI=1S/C25H36O8/c1-7-17(19(26)15(2)27-13-16-11-9-8-10-12-16)29-23-22-21(32-25(5,6)33-22)20-18(30-23)14-28-24(3,4)31-20/h7-12,15,17-23,26H,1,13-14H2,2-6H3/t15-,17+,18+,19+,20+,21-,22-,23-/m0/s1. The predicted molar refractivity (Wildman–Crippen MR) is 119 cm³/mol. The van der Waals surface area contributed by atoms with Crippen LogP contribution in [0.5, 0.6) is 0 Å². The third-order valence-corrected chi connectivity index (χ3v) is 6.14. The van der Waals surface area contributed by atoms with Gasteiger partial charge < -0.3 is 38.3 Å². The number of rotatable bonds is 8. The highest BCUT2D eigenvalue weighted by molar-refractivity contribution is 5.13. The first-order chi connectivity index (χ1) is 15.6. The molecule has 33 heavy (non-hydrogen) atoms. The van der Waals surface area contributed by atoms with Crippen LogP contribution in [-0.2, 0) is 39.8 Å². The van der Waals surface area contributed by atoms with Gasteiger partial charge in [-0.05, 0) is 40.2 Å². The summed E-state index contributed by atoms with van der Waals surface area (Å²) in [5.41, 5.74) is 1.02. The van der Waals surface area contributed by atoms with Crippen LogP contribution >= 0.6 is 0 Å². The predicted octanol–water partition coefficient (Wildman–Crippen LogP) is 2.92. The van der Waals surface area contributed by atoms with Crippen molar-refractivity contribution < 1.29 is 38.3 Å². The molecule has 3 aliphatic rings. The highest BCUT2D eigenvalue weighted by Gasteiger charge is 2.59. The third kappa shape index (κ3) is 5.66. The van der Waals surface area contributed by atoms with E-state index in [1.807, 2.05) is 58.0 Å². The Balaban J connectivity index is 1.43. The molecular formula is C25H36O8. The van der Waals surface area contributed by atoms with Gasteiger partial charge in [0.05, 0.1) is 19.3 Å². The smallest absolute Gasteiger partial charge is 0.187 e. The second kappa shape index (κ2) is 9.71. The minimum absolute atomic E-state index is 0.336. The van der Waals surface area contributed by atoms with Gasteiger partial charge in [-0.3, -0.25) is 0 Å². The van der Waals surface area contributed by atoms with Crippen molar-refractivity contribution in [3.63, 3.8) is 0 Å². The molecule has 1 N–H and O–H groups in total. The summed E-state index contributed by atoms with van der Waals surface area (Å²) in [5, 5.41) is 10.9. The van der Waals surface area contributed by atoms with Crippen molar-refractivity contribution in [2.24, 2.45) is 0 Å². The van der Waals surface area contributed by atoms with Crippen LogP contribution in [0, 0.1) is 0 Å². The molecule has 0 bridgehead atoms. The summed E-state index contributed by atoms with van der Waals surface area (Å²) < 4.78 is 42.5. The van der Waals surface area contributed by atoms with E-state index in [4.69, 9.17) is 33.2 Å². The maximum atomic E-state index is 10.9. The van der Waals surface area contributed by atoms with Gasteiger partial charge in [0.2, 0.25) is 0 Å². The Kier molecular flexibility index (Phi) is 7.29. The van der Waals surface area contributed by atoms with Crippen LogP contribution in [0.15, 0.2) is 43.0 Å². The molecule has 8 heteroatoms. The monoisotopic (exact) mass is 464 g/mol. The highest BCUT2D eigenvalue weighted by atomic mass is 16.8. The lowest BCUT2D eigenvalue weighted by Crippen LogP contribution is -2.64. The van der Waals surface area contributed by atoms with E-state index in [-0.39, 0.29) is 6.10 Å². The van der Waals surface area contributed by atoms with Crippen LogP contribution in [0.4, 0.5) is 0 Å². The van der Waals surface area contributed by atoms with E-state index in [9.17, 15) is 5.11 Å². The molecule has 3 aliphatic heterocycles.